The van der Waals surface area contributed by atoms with Crippen molar-refractivity contribution in [2.75, 3.05) is 5.73 Å². The molecule has 2 heterocycles. The molecule has 0 aliphatic rings. The van der Waals surface area contributed by atoms with Crippen LogP contribution >= 0.6 is 11.8 Å². The summed E-state index contributed by atoms with van der Waals surface area (Å²) in [5.74, 6) is 1.44. The quantitative estimate of drug-likeness (QED) is 0.709. The Morgan fingerprint density at radius 3 is 2.85 bits per heavy atom. The molecule has 1 aromatic carbocycles. The standard InChI is InChI=1S/C13H11N5OS/c14-11-13(16-6-5-15-11)20-7-10-17-9-4-2-1-3-8(9)12(19)18-10/h1-6H,7H2,(H2,14,15)(H,17,18,19). The zero-order valence-corrected chi connectivity index (χ0v) is 11.2. The highest BCUT2D eigenvalue weighted by atomic mass is 32.2. The predicted octanol–water partition coefficient (Wildman–Crippen LogP) is 1.59. The summed E-state index contributed by atoms with van der Waals surface area (Å²) in [5.41, 5.74) is 6.26. The van der Waals surface area contributed by atoms with Gasteiger partial charge in [-0.2, -0.15) is 0 Å². The number of hydrogen-bond acceptors (Lipinski definition) is 6. The van der Waals surface area contributed by atoms with Gasteiger partial charge < -0.3 is 10.7 Å². The summed E-state index contributed by atoms with van der Waals surface area (Å²) in [6.45, 7) is 0. The lowest BCUT2D eigenvalue weighted by Gasteiger charge is -2.04. The number of nitrogens with two attached hydrogens (primary N) is 1. The average molecular weight is 285 g/mol. The number of rotatable bonds is 3. The molecular formula is C13H11N5OS. The maximum absolute atomic E-state index is 11.9. The third-order valence-electron chi connectivity index (χ3n) is 2.70. The van der Waals surface area contributed by atoms with Gasteiger partial charge in [0.1, 0.15) is 10.9 Å². The van der Waals surface area contributed by atoms with Crippen LogP contribution < -0.4 is 11.3 Å². The van der Waals surface area contributed by atoms with Gasteiger partial charge in [-0.05, 0) is 12.1 Å². The molecule has 0 atom stereocenters. The van der Waals surface area contributed by atoms with Crippen LogP contribution in [0.4, 0.5) is 5.82 Å². The highest BCUT2D eigenvalue weighted by Crippen LogP contribution is 2.22. The highest BCUT2D eigenvalue weighted by molar-refractivity contribution is 7.98. The lowest BCUT2D eigenvalue weighted by molar-refractivity contribution is 1.03. The summed E-state index contributed by atoms with van der Waals surface area (Å²) < 4.78 is 0. The average Bonchev–Trinajstić information content (AvgIpc) is 2.46. The van der Waals surface area contributed by atoms with Crippen LogP contribution in [-0.2, 0) is 5.75 Å². The van der Waals surface area contributed by atoms with Crippen molar-refractivity contribution in [3.8, 4) is 0 Å². The van der Waals surface area contributed by atoms with Crippen LogP contribution in [0.5, 0.6) is 0 Å². The van der Waals surface area contributed by atoms with Gasteiger partial charge in [0.25, 0.3) is 5.56 Å². The molecule has 3 N–H and O–H groups in total. The van der Waals surface area contributed by atoms with E-state index in [2.05, 4.69) is 19.9 Å². The Morgan fingerprint density at radius 1 is 1.20 bits per heavy atom. The number of aromatic nitrogens is 4. The van der Waals surface area contributed by atoms with Crippen LogP contribution in [-0.4, -0.2) is 19.9 Å². The molecule has 0 aliphatic carbocycles. The fraction of sp³-hybridized carbons (Fsp3) is 0.0769. The van der Waals surface area contributed by atoms with E-state index in [1.165, 1.54) is 18.0 Å². The minimum atomic E-state index is -0.140. The number of thioether (sulfide) groups is 1. The molecule has 2 aromatic heterocycles. The van der Waals surface area contributed by atoms with E-state index in [4.69, 9.17) is 5.73 Å². The van der Waals surface area contributed by atoms with Gasteiger partial charge in [0.15, 0.2) is 5.82 Å². The van der Waals surface area contributed by atoms with Crippen LogP contribution in [0.3, 0.4) is 0 Å². The van der Waals surface area contributed by atoms with E-state index in [9.17, 15) is 4.79 Å². The van der Waals surface area contributed by atoms with Crippen LogP contribution in [0, 0.1) is 0 Å². The lowest BCUT2D eigenvalue weighted by atomic mass is 10.2. The Bertz CT molecular complexity index is 817. The fourth-order valence-corrected chi connectivity index (χ4v) is 2.53. The molecule has 0 saturated carbocycles. The molecule has 0 spiro atoms. The van der Waals surface area contributed by atoms with Crippen molar-refractivity contribution >= 4 is 28.5 Å². The van der Waals surface area contributed by atoms with Crippen LogP contribution in [0.15, 0.2) is 46.5 Å². The molecule has 20 heavy (non-hydrogen) atoms. The number of para-hydroxylation sites is 1. The monoisotopic (exact) mass is 285 g/mol. The van der Waals surface area contributed by atoms with E-state index < -0.39 is 0 Å². The number of nitrogens with one attached hydrogen (secondary N) is 1. The lowest BCUT2D eigenvalue weighted by Crippen LogP contribution is -2.11. The number of aromatic amines is 1. The number of H-pyrrole nitrogens is 1. The highest BCUT2D eigenvalue weighted by Gasteiger charge is 2.06. The molecule has 100 valence electrons. The summed E-state index contributed by atoms with van der Waals surface area (Å²) in [6, 6.07) is 7.23. The number of nitrogen functional groups attached to an aromatic ring is 1. The number of fused-ring (bicyclic) bond motifs is 1. The molecule has 0 radical (unpaired) electrons. The Morgan fingerprint density at radius 2 is 2.00 bits per heavy atom. The van der Waals surface area contributed by atoms with Crippen molar-refractivity contribution in [3.63, 3.8) is 0 Å². The van der Waals surface area contributed by atoms with Gasteiger partial charge >= 0.3 is 0 Å². The summed E-state index contributed by atoms with van der Waals surface area (Å²) >= 11 is 1.39. The van der Waals surface area contributed by atoms with E-state index in [0.29, 0.717) is 33.3 Å². The predicted molar refractivity (Wildman–Crippen MR) is 78.4 cm³/mol. The van der Waals surface area contributed by atoms with E-state index in [0.717, 1.165) is 0 Å². The first-order valence-electron chi connectivity index (χ1n) is 5.91. The molecular weight excluding hydrogens is 274 g/mol. The Hall–Kier alpha value is -2.41. The van der Waals surface area contributed by atoms with E-state index in [1.807, 2.05) is 18.2 Å². The van der Waals surface area contributed by atoms with Crippen molar-refractivity contribution in [3.05, 3.63) is 52.8 Å². The first-order chi connectivity index (χ1) is 9.74. The van der Waals surface area contributed by atoms with Gasteiger partial charge in [-0.3, -0.25) is 4.79 Å². The van der Waals surface area contributed by atoms with Crippen molar-refractivity contribution in [1.29, 1.82) is 0 Å². The van der Waals surface area contributed by atoms with Crippen molar-refractivity contribution in [2.45, 2.75) is 10.8 Å². The van der Waals surface area contributed by atoms with Gasteiger partial charge in [0.05, 0.1) is 16.7 Å². The molecule has 6 nitrogen and oxygen atoms in total. The smallest absolute Gasteiger partial charge is 0.258 e. The third kappa shape index (κ3) is 2.48. The van der Waals surface area contributed by atoms with Crippen molar-refractivity contribution in [1.82, 2.24) is 19.9 Å². The first-order valence-corrected chi connectivity index (χ1v) is 6.90. The Balaban J connectivity index is 1.88. The molecule has 3 rings (SSSR count). The summed E-state index contributed by atoms with van der Waals surface area (Å²) in [7, 11) is 0. The van der Waals surface area contributed by atoms with Gasteiger partial charge in [0, 0.05) is 12.4 Å². The van der Waals surface area contributed by atoms with Gasteiger partial charge in [-0.1, -0.05) is 23.9 Å². The zero-order valence-electron chi connectivity index (χ0n) is 10.4. The minimum absolute atomic E-state index is 0.140. The molecule has 0 amide bonds. The minimum Gasteiger partial charge on any atom is -0.381 e. The zero-order chi connectivity index (χ0) is 13.9. The second kappa shape index (κ2) is 5.30. The van der Waals surface area contributed by atoms with Crippen LogP contribution in [0.2, 0.25) is 0 Å². The van der Waals surface area contributed by atoms with E-state index in [-0.39, 0.29) is 5.56 Å². The summed E-state index contributed by atoms with van der Waals surface area (Å²) in [5, 5.41) is 1.21. The van der Waals surface area contributed by atoms with Crippen LogP contribution in [0.25, 0.3) is 10.9 Å². The molecule has 0 bridgehead atoms. The first kappa shape index (κ1) is 12.6. The topological polar surface area (TPSA) is 97.5 Å². The van der Waals surface area contributed by atoms with E-state index in [1.54, 1.807) is 12.3 Å². The molecule has 0 unspecified atom stereocenters. The van der Waals surface area contributed by atoms with E-state index >= 15 is 0 Å². The number of anilines is 1. The van der Waals surface area contributed by atoms with Gasteiger partial charge in [0.2, 0.25) is 0 Å². The Labute approximate surface area is 118 Å². The molecule has 0 saturated heterocycles. The fourth-order valence-electron chi connectivity index (χ4n) is 1.79. The van der Waals surface area contributed by atoms with Gasteiger partial charge in [-0.25, -0.2) is 15.0 Å². The van der Waals surface area contributed by atoms with Crippen molar-refractivity contribution in [2.24, 2.45) is 0 Å². The maximum Gasteiger partial charge on any atom is 0.258 e. The van der Waals surface area contributed by atoms with Crippen LogP contribution in [0.1, 0.15) is 5.82 Å². The molecule has 0 fully saturated rings. The number of nitrogens with zero attached hydrogens (tertiary/aromatic N) is 3. The largest absolute Gasteiger partial charge is 0.381 e. The SMILES string of the molecule is Nc1nccnc1SCc1nc2ccccc2c(=O)[nH]1. The third-order valence-corrected chi connectivity index (χ3v) is 3.70. The second-order valence-electron chi connectivity index (χ2n) is 4.07. The molecule has 7 heteroatoms. The Kier molecular flexibility index (Phi) is 3.34. The molecule has 3 aromatic rings. The normalized spacial score (nSPS) is 10.8. The number of hydrogen-bond donors (Lipinski definition) is 2. The summed E-state index contributed by atoms with van der Waals surface area (Å²) in [6.07, 6.45) is 3.12. The second-order valence-corrected chi connectivity index (χ2v) is 5.03. The molecule has 0 aliphatic heterocycles. The summed E-state index contributed by atoms with van der Waals surface area (Å²) in [4.78, 5) is 27.2. The van der Waals surface area contributed by atoms with Crippen molar-refractivity contribution < 1.29 is 0 Å². The number of benzene rings is 1. The van der Waals surface area contributed by atoms with Gasteiger partial charge in [-0.15, -0.1) is 0 Å². The maximum atomic E-state index is 11.9.